The Labute approximate surface area is 150 Å². The molecule has 1 aromatic heterocycles. The molecule has 0 N–H and O–H groups in total. The summed E-state index contributed by atoms with van der Waals surface area (Å²) < 4.78 is 27.4. The number of hydrogen-bond acceptors (Lipinski definition) is 4. The molecule has 1 saturated heterocycles. The van der Waals surface area contributed by atoms with Crippen molar-refractivity contribution < 1.29 is 13.2 Å². The van der Waals surface area contributed by atoms with E-state index < -0.39 is 10.0 Å². The predicted molar refractivity (Wildman–Crippen MR) is 98.4 cm³/mol. The van der Waals surface area contributed by atoms with Gasteiger partial charge in [-0.25, -0.2) is 12.7 Å². The van der Waals surface area contributed by atoms with Crippen LogP contribution in [-0.4, -0.2) is 42.5 Å². The van der Waals surface area contributed by atoms with Gasteiger partial charge in [-0.05, 0) is 25.0 Å². The fraction of sp³-hybridized carbons (Fsp3) is 0.412. The number of sulfonamides is 1. The molecule has 1 fully saturated rings. The van der Waals surface area contributed by atoms with Gasteiger partial charge in [0.15, 0.2) is 4.80 Å². The van der Waals surface area contributed by atoms with Gasteiger partial charge in [0.2, 0.25) is 10.0 Å². The highest BCUT2D eigenvalue weighted by Gasteiger charge is 2.28. The third-order valence-corrected chi connectivity index (χ3v) is 6.68. The summed E-state index contributed by atoms with van der Waals surface area (Å²) in [7, 11) is -3.20. The molecule has 0 unspecified atom stereocenters. The van der Waals surface area contributed by atoms with Crippen LogP contribution in [0.5, 0.6) is 0 Å². The Bertz CT molecular complexity index is 1000. The van der Waals surface area contributed by atoms with Gasteiger partial charge in [-0.15, -0.1) is 6.42 Å². The van der Waals surface area contributed by atoms with Crippen molar-refractivity contribution in [2.45, 2.75) is 19.4 Å². The molecule has 0 radical (unpaired) electrons. The van der Waals surface area contributed by atoms with Gasteiger partial charge in [0.1, 0.15) is 0 Å². The van der Waals surface area contributed by atoms with Crippen molar-refractivity contribution in [1.82, 2.24) is 8.87 Å². The molecule has 1 aromatic carbocycles. The summed E-state index contributed by atoms with van der Waals surface area (Å²) >= 11 is 1.43. The van der Waals surface area contributed by atoms with Crippen LogP contribution in [0.4, 0.5) is 0 Å². The third-order valence-electron chi connectivity index (χ3n) is 4.32. The number of aromatic nitrogens is 1. The number of terminal acetylenes is 1. The van der Waals surface area contributed by atoms with Crippen LogP contribution in [0.15, 0.2) is 29.3 Å². The van der Waals surface area contributed by atoms with Gasteiger partial charge in [0.05, 0.1) is 23.0 Å². The minimum absolute atomic E-state index is 0.203. The van der Waals surface area contributed by atoms with Gasteiger partial charge in [-0.3, -0.25) is 4.79 Å². The Hall–Kier alpha value is -1.95. The minimum atomic E-state index is -3.20. The number of benzene rings is 1. The highest BCUT2D eigenvalue weighted by molar-refractivity contribution is 7.88. The molecule has 1 aliphatic rings. The Balaban J connectivity index is 1.86. The van der Waals surface area contributed by atoms with E-state index in [9.17, 15) is 13.2 Å². The standard InChI is InChI=1S/C17H19N3O3S2/c1-3-10-20-14-6-4-5-7-15(14)24-17(20)18-16(21)13-8-11-19(12-9-13)25(2,22)23/h1,4-7,13H,8-12H2,2H3. The summed E-state index contributed by atoms with van der Waals surface area (Å²) in [5.41, 5.74) is 0.962. The van der Waals surface area contributed by atoms with Gasteiger partial charge in [0.25, 0.3) is 5.91 Å². The molecule has 2 heterocycles. The molecule has 8 heteroatoms. The maximum atomic E-state index is 12.6. The summed E-state index contributed by atoms with van der Waals surface area (Å²) in [5.74, 6) is 2.15. The smallest absolute Gasteiger partial charge is 0.251 e. The molecule has 25 heavy (non-hydrogen) atoms. The van der Waals surface area contributed by atoms with Crippen LogP contribution in [0.3, 0.4) is 0 Å². The van der Waals surface area contributed by atoms with E-state index in [1.807, 2.05) is 28.8 Å². The van der Waals surface area contributed by atoms with Gasteiger partial charge in [-0.2, -0.15) is 4.99 Å². The molecule has 0 atom stereocenters. The van der Waals surface area contributed by atoms with Crippen molar-refractivity contribution >= 4 is 37.5 Å². The highest BCUT2D eigenvalue weighted by atomic mass is 32.2. The second-order valence-electron chi connectivity index (χ2n) is 6.03. The van der Waals surface area contributed by atoms with Crippen molar-refractivity contribution in [3.63, 3.8) is 0 Å². The van der Waals surface area contributed by atoms with Gasteiger partial charge in [0, 0.05) is 19.0 Å². The molecule has 0 bridgehead atoms. The van der Waals surface area contributed by atoms with Crippen molar-refractivity contribution in [3.05, 3.63) is 29.1 Å². The SMILES string of the molecule is C#CCn1c(=NC(=O)C2CCN(S(C)(=O)=O)CC2)sc2ccccc21. The lowest BCUT2D eigenvalue weighted by Gasteiger charge is -2.28. The lowest BCUT2D eigenvalue weighted by molar-refractivity contribution is -0.122. The highest BCUT2D eigenvalue weighted by Crippen LogP contribution is 2.21. The first-order valence-electron chi connectivity index (χ1n) is 7.95. The average Bonchev–Trinajstić information content (AvgIpc) is 2.92. The largest absolute Gasteiger partial charge is 0.305 e. The van der Waals surface area contributed by atoms with E-state index in [0.29, 0.717) is 37.3 Å². The molecular formula is C17H19N3O3S2. The first kappa shape index (κ1) is 17.9. The molecule has 0 spiro atoms. The molecule has 0 saturated carbocycles. The number of piperidine rings is 1. The summed E-state index contributed by atoms with van der Waals surface area (Å²) in [5, 5.41) is 0. The van der Waals surface area contributed by atoms with Gasteiger partial charge >= 0.3 is 0 Å². The van der Waals surface area contributed by atoms with Crippen molar-refractivity contribution in [2.24, 2.45) is 10.9 Å². The Morgan fingerprint density at radius 3 is 2.68 bits per heavy atom. The maximum Gasteiger partial charge on any atom is 0.251 e. The van der Waals surface area contributed by atoms with Gasteiger partial charge in [-0.1, -0.05) is 29.4 Å². The number of thiazole rings is 1. The van der Waals surface area contributed by atoms with Gasteiger partial charge < -0.3 is 4.57 Å². The van der Waals surface area contributed by atoms with Crippen LogP contribution in [-0.2, 0) is 21.4 Å². The quantitative estimate of drug-likeness (QED) is 0.760. The fourth-order valence-corrected chi connectivity index (χ4v) is 4.88. The molecule has 1 aliphatic heterocycles. The molecular weight excluding hydrogens is 358 g/mol. The lowest BCUT2D eigenvalue weighted by atomic mass is 9.98. The zero-order valence-corrected chi connectivity index (χ0v) is 15.5. The normalized spacial score (nSPS) is 17.7. The van der Waals surface area contributed by atoms with E-state index >= 15 is 0 Å². The number of fused-ring (bicyclic) bond motifs is 1. The third kappa shape index (κ3) is 3.84. The number of carbonyl (C=O) groups excluding carboxylic acids is 1. The van der Waals surface area contributed by atoms with Crippen LogP contribution < -0.4 is 4.80 Å². The summed E-state index contributed by atoms with van der Waals surface area (Å²) in [6.45, 7) is 1.08. The Kier molecular flexibility index (Phi) is 5.08. The summed E-state index contributed by atoms with van der Waals surface area (Å²) in [6.07, 6.45) is 7.64. The van der Waals surface area contributed by atoms with Crippen LogP contribution >= 0.6 is 11.3 Å². The molecule has 132 valence electrons. The number of carbonyl (C=O) groups is 1. The average molecular weight is 377 g/mol. The second kappa shape index (κ2) is 7.12. The van der Waals surface area contributed by atoms with Crippen LogP contribution in [0.1, 0.15) is 12.8 Å². The van der Waals surface area contributed by atoms with E-state index in [1.54, 1.807) is 0 Å². The Morgan fingerprint density at radius 2 is 2.04 bits per heavy atom. The summed E-state index contributed by atoms with van der Waals surface area (Å²) in [4.78, 5) is 17.5. The minimum Gasteiger partial charge on any atom is -0.305 e. The van der Waals surface area contributed by atoms with Crippen molar-refractivity contribution in [2.75, 3.05) is 19.3 Å². The van der Waals surface area contributed by atoms with Crippen molar-refractivity contribution in [1.29, 1.82) is 0 Å². The second-order valence-corrected chi connectivity index (χ2v) is 9.02. The summed E-state index contributed by atoms with van der Waals surface area (Å²) in [6, 6.07) is 7.79. The molecule has 6 nitrogen and oxygen atoms in total. The number of nitrogens with zero attached hydrogens (tertiary/aromatic N) is 3. The Morgan fingerprint density at radius 1 is 1.36 bits per heavy atom. The zero-order chi connectivity index (χ0) is 18.0. The predicted octanol–water partition coefficient (Wildman–Crippen LogP) is 1.43. The monoisotopic (exact) mass is 377 g/mol. The number of para-hydroxylation sites is 1. The van der Waals surface area contributed by atoms with Crippen LogP contribution in [0.2, 0.25) is 0 Å². The van der Waals surface area contributed by atoms with E-state index in [-0.39, 0.29) is 11.8 Å². The molecule has 2 aromatic rings. The zero-order valence-electron chi connectivity index (χ0n) is 13.9. The van der Waals surface area contributed by atoms with Crippen LogP contribution in [0, 0.1) is 18.3 Å². The number of amides is 1. The van der Waals surface area contributed by atoms with Crippen molar-refractivity contribution in [3.8, 4) is 12.3 Å². The van der Waals surface area contributed by atoms with Crippen LogP contribution in [0.25, 0.3) is 10.2 Å². The van der Waals surface area contributed by atoms with E-state index in [0.717, 1.165) is 10.2 Å². The number of rotatable bonds is 3. The van der Waals surface area contributed by atoms with E-state index in [2.05, 4.69) is 10.9 Å². The number of hydrogen-bond donors (Lipinski definition) is 0. The molecule has 0 aliphatic carbocycles. The molecule has 1 amide bonds. The first-order chi connectivity index (χ1) is 11.9. The van der Waals surface area contributed by atoms with E-state index in [4.69, 9.17) is 6.42 Å². The molecule has 3 rings (SSSR count). The van der Waals surface area contributed by atoms with E-state index in [1.165, 1.54) is 21.9 Å². The topological polar surface area (TPSA) is 71.7 Å². The lowest BCUT2D eigenvalue weighted by Crippen LogP contribution is -2.39. The first-order valence-corrected chi connectivity index (χ1v) is 10.6. The fourth-order valence-electron chi connectivity index (χ4n) is 2.97. The maximum absolute atomic E-state index is 12.6.